The minimum absolute atomic E-state index is 0.106. The predicted molar refractivity (Wildman–Crippen MR) is 177 cm³/mol. The van der Waals surface area contributed by atoms with Crippen LogP contribution >= 0.6 is 11.6 Å². The Hall–Kier alpha value is -3.06. The minimum Gasteiger partial charge on any atom is -0.444 e. The molecule has 3 amide bonds. The zero-order valence-electron chi connectivity index (χ0n) is 27.6. The molecule has 7 nitrogen and oxygen atoms in total. The van der Waals surface area contributed by atoms with Gasteiger partial charge in [-0.05, 0) is 77.5 Å². The van der Waals surface area contributed by atoms with Crippen molar-refractivity contribution in [3.63, 3.8) is 0 Å². The Morgan fingerprint density at radius 2 is 1.58 bits per heavy atom. The Morgan fingerprint density at radius 3 is 2.14 bits per heavy atom. The lowest BCUT2D eigenvalue weighted by Crippen LogP contribution is -2.53. The molecule has 0 spiro atoms. The van der Waals surface area contributed by atoms with Crippen molar-refractivity contribution in [3.05, 3.63) is 63.7 Å². The van der Waals surface area contributed by atoms with Crippen molar-refractivity contribution in [2.24, 2.45) is 5.92 Å². The zero-order valence-corrected chi connectivity index (χ0v) is 28.4. The van der Waals surface area contributed by atoms with Crippen LogP contribution in [0.5, 0.6) is 0 Å². The van der Waals surface area contributed by atoms with Crippen LogP contribution < -0.4 is 10.6 Å². The number of nitrogens with one attached hydrogen (secondary N) is 2. The summed E-state index contributed by atoms with van der Waals surface area (Å²) in [5.74, 6) is -0.566. The molecule has 2 aromatic rings. The third kappa shape index (κ3) is 11.9. The van der Waals surface area contributed by atoms with Crippen molar-refractivity contribution in [1.29, 1.82) is 0 Å². The van der Waals surface area contributed by atoms with Crippen molar-refractivity contribution < 1.29 is 19.1 Å². The Morgan fingerprint density at radius 1 is 0.953 bits per heavy atom. The standard InChI is InChI=1S/C35H52ClN3O4/c1-10-11-12-13-14-18-39(33(41)29(19-23(2)3)37-34(42)43-35(7,8)9)31(27-21-24(4)20-25(5)22-27)32(40)38-30-26(6)16-15-17-28(30)36/h15-17,20-23,29,31H,10-14,18-19H2,1-9H3,(H,37,42)(H,38,40). The molecule has 2 unspecified atom stereocenters. The number of benzene rings is 2. The van der Waals surface area contributed by atoms with Crippen molar-refractivity contribution >= 4 is 35.2 Å². The number of aryl methyl sites for hydroxylation is 3. The summed E-state index contributed by atoms with van der Waals surface area (Å²) in [4.78, 5) is 43.4. The summed E-state index contributed by atoms with van der Waals surface area (Å²) in [7, 11) is 0. The molecule has 0 aromatic heterocycles. The number of carbonyl (C=O) groups is 3. The number of unbranched alkanes of at least 4 members (excludes halogenated alkanes) is 4. The van der Waals surface area contributed by atoms with Gasteiger partial charge in [-0.15, -0.1) is 0 Å². The van der Waals surface area contributed by atoms with Gasteiger partial charge in [0.25, 0.3) is 5.91 Å². The maximum Gasteiger partial charge on any atom is 0.408 e. The first-order valence-corrected chi connectivity index (χ1v) is 15.9. The number of ether oxygens (including phenoxy) is 1. The van der Waals surface area contributed by atoms with E-state index in [1.807, 2.05) is 65.0 Å². The maximum absolute atomic E-state index is 14.5. The van der Waals surface area contributed by atoms with Crippen LogP contribution in [0, 0.1) is 26.7 Å². The molecular formula is C35H52ClN3O4. The van der Waals surface area contributed by atoms with E-state index in [0.29, 0.717) is 29.2 Å². The molecule has 238 valence electrons. The Bertz CT molecular complexity index is 1200. The molecule has 0 bridgehead atoms. The summed E-state index contributed by atoms with van der Waals surface area (Å²) >= 11 is 6.51. The second-order valence-electron chi connectivity index (χ2n) is 13.0. The highest BCUT2D eigenvalue weighted by molar-refractivity contribution is 6.34. The lowest BCUT2D eigenvalue weighted by Gasteiger charge is -2.35. The average Bonchev–Trinajstić information content (AvgIpc) is 2.87. The molecule has 0 radical (unpaired) electrons. The van der Waals surface area contributed by atoms with Gasteiger partial charge >= 0.3 is 6.09 Å². The van der Waals surface area contributed by atoms with Gasteiger partial charge in [-0.2, -0.15) is 0 Å². The van der Waals surface area contributed by atoms with E-state index in [0.717, 1.165) is 48.8 Å². The molecule has 0 aliphatic rings. The fraction of sp³-hybridized carbons (Fsp3) is 0.571. The summed E-state index contributed by atoms with van der Waals surface area (Å²) in [5.41, 5.74) is 3.31. The number of carbonyl (C=O) groups excluding carboxylic acids is 3. The molecule has 2 N–H and O–H groups in total. The van der Waals surface area contributed by atoms with Crippen LogP contribution in [0.4, 0.5) is 10.5 Å². The normalized spacial score (nSPS) is 12.9. The van der Waals surface area contributed by atoms with E-state index < -0.39 is 23.8 Å². The number of nitrogens with zero attached hydrogens (tertiary/aromatic N) is 1. The fourth-order valence-corrected chi connectivity index (χ4v) is 5.49. The molecule has 2 atom stereocenters. The molecule has 2 rings (SSSR count). The van der Waals surface area contributed by atoms with Crippen LogP contribution in [-0.2, 0) is 14.3 Å². The number of anilines is 1. The van der Waals surface area contributed by atoms with E-state index in [9.17, 15) is 14.4 Å². The number of halogens is 1. The lowest BCUT2D eigenvalue weighted by atomic mass is 9.96. The first-order valence-electron chi connectivity index (χ1n) is 15.6. The smallest absolute Gasteiger partial charge is 0.408 e. The predicted octanol–water partition coefficient (Wildman–Crippen LogP) is 8.68. The van der Waals surface area contributed by atoms with Crippen LogP contribution in [0.3, 0.4) is 0 Å². The quantitative estimate of drug-likeness (QED) is 0.209. The number of alkyl carbamates (subject to hydrolysis) is 1. The Kier molecular flexibility index (Phi) is 14.0. The molecule has 43 heavy (non-hydrogen) atoms. The number of amides is 3. The van der Waals surface area contributed by atoms with Gasteiger partial charge in [-0.1, -0.05) is 99.5 Å². The van der Waals surface area contributed by atoms with Gasteiger partial charge in [0.05, 0.1) is 10.7 Å². The zero-order chi connectivity index (χ0) is 32.3. The van der Waals surface area contributed by atoms with E-state index in [4.69, 9.17) is 16.3 Å². The second kappa shape index (κ2) is 16.7. The highest BCUT2D eigenvalue weighted by atomic mass is 35.5. The molecule has 0 saturated carbocycles. The van der Waals surface area contributed by atoms with Crippen LogP contribution in [0.1, 0.15) is 108 Å². The van der Waals surface area contributed by atoms with Crippen LogP contribution in [0.2, 0.25) is 5.02 Å². The second-order valence-corrected chi connectivity index (χ2v) is 13.4. The monoisotopic (exact) mass is 613 g/mol. The van der Waals surface area contributed by atoms with Crippen molar-refractivity contribution in [2.45, 2.75) is 119 Å². The molecule has 2 aromatic carbocycles. The number of hydrogen-bond donors (Lipinski definition) is 2. The SMILES string of the molecule is CCCCCCCN(C(=O)C(CC(C)C)NC(=O)OC(C)(C)C)C(C(=O)Nc1c(C)cccc1Cl)c1cc(C)cc(C)c1. The van der Waals surface area contributed by atoms with Crippen molar-refractivity contribution in [2.75, 3.05) is 11.9 Å². The van der Waals surface area contributed by atoms with Crippen molar-refractivity contribution in [1.82, 2.24) is 10.2 Å². The van der Waals surface area contributed by atoms with E-state index >= 15 is 0 Å². The molecular weight excluding hydrogens is 562 g/mol. The van der Waals surface area contributed by atoms with E-state index in [1.54, 1.807) is 31.7 Å². The summed E-state index contributed by atoms with van der Waals surface area (Å²) in [6.45, 7) is 17.7. The molecule has 0 fully saturated rings. The molecule has 8 heteroatoms. The number of rotatable bonds is 14. The lowest BCUT2D eigenvalue weighted by molar-refractivity contribution is -0.141. The highest BCUT2D eigenvalue weighted by Crippen LogP contribution is 2.31. The third-order valence-corrected chi connectivity index (χ3v) is 7.39. The Labute approximate surface area is 264 Å². The van der Waals surface area contributed by atoms with E-state index in [2.05, 4.69) is 17.6 Å². The summed E-state index contributed by atoms with van der Waals surface area (Å²) < 4.78 is 5.52. The minimum atomic E-state index is -0.942. The van der Waals surface area contributed by atoms with Gasteiger partial charge in [0, 0.05) is 6.54 Å². The topological polar surface area (TPSA) is 87.7 Å². The highest BCUT2D eigenvalue weighted by Gasteiger charge is 2.37. The van der Waals surface area contributed by atoms with Gasteiger partial charge < -0.3 is 20.3 Å². The van der Waals surface area contributed by atoms with Gasteiger partial charge in [0.1, 0.15) is 17.7 Å². The maximum atomic E-state index is 14.5. The van der Waals surface area contributed by atoms with Crippen LogP contribution in [0.25, 0.3) is 0 Å². The van der Waals surface area contributed by atoms with Gasteiger partial charge in [-0.3, -0.25) is 9.59 Å². The first-order chi connectivity index (χ1) is 20.1. The van der Waals surface area contributed by atoms with E-state index in [-0.39, 0.29) is 17.7 Å². The third-order valence-electron chi connectivity index (χ3n) is 7.07. The van der Waals surface area contributed by atoms with Crippen LogP contribution in [-0.4, -0.2) is 41.0 Å². The number of hydrogen-bond acceptors (Lipinski definition) is 4. The molecule has 0 heterocycles. The fourth-order valence-electron chi connectivity index (χ4n) is 5.22. The van der Waals surface area contributed by atoms with Crippen LogP contribution in [0.15, 0.2) is 36.4 Å². The first kappa shape index (κ1) is 36.1. The number of para-hydroxylation sites is 1. The summed E-state index contributed by atoms with van der Waals surface area (Å²) in [5, 5.41) is 6.29. The van der Waals surface area contributed by atoms with Gasteiger partial charge in [0.2, 0.25) is 5.91 Å². The average molecular weight is 614 g/mol. The van der Waals surface area contributed by atoms with Gasteiger partial charge in [0.15, 0.2) is 0 Å². The van der Waals surface area contributed by atoms with Gasteiger partial charge in [-0.25, -0.2) is 4.79 Å². The van der Waals surface area contributed by atoms with Crippen molar-refractivity contribution in [3.8, 4) is 0 Å². The largest absolute Gasteiger partial charge is 0.444 e. The molecule has 0 saturated heterocycles. The molecule has 0 aliphatic carbocycles. The summed E-state index contributed by atoms with van der Waals surface area (Å²) in [6, 6.07) is 9.58. The van der Waals surface area contributed by atoms with E-state index in [1.165, 1.54) is 0 Å². The molecule has 0 aliphatic heterocycles. The Balaban J connectivity index is 2.62. The summed E-state index contributed by atoms with van der Waals surface area (Å²) in [6.07, 6.45) is 4.65.